The maximum absolute atomic E-state index is 13.0. The van der Waals surface area contributed by atoms with Gasteiger partial charge in [0.25, 0.3) is 0 Å². The largest absolute Gasteiger partial charge is 0.381 e. The van der Waals surface area contributed by atoms with Gasteiger partial charge in [-0.3, -0.25) is 0 Å². The van der Waals surface area contributed by atoms with Crippen molar-refractivity contribution in [2.24, 2.45) is 10.9 Å². The van der Waals surface area contributed by atoms with Crippen molar-refractivity contribution in [2.75, 3.05) is 0 Å². The van der Waals surface area contributed by atoms with Crippen LogP contribution in [0, 0.1) is 5.92 Å². The summed E-state index contributed by atoms with van der Waals surface area (Å²) in [6, 6.07) is -0.0278. The second-order valence-electron chi connectivity index (χ2n) is 2.50. The lowest BCUT2D eigenvalue weighted by atomic mass is 10.0. The highest BCUT2D eigenvalue weighted by atomic mass is 79.9. The van der Waals surface area contributed by atoms with Gasteiger partial charge in [-0.25, -0.2) is 9.38 Å². The van der Waals surface area contributed by atoms with Crippen LogP contribution in [0.5, 0.6) is 0 Å². The third-order valence-corrected chi connectivity index (χ3v) is 2.52. The zero-order valence-electron chi connectivity index (χ0n) is 5.59. The molecule has 11 heavy (non-hydrogen) atoms. The number of hydrogen-bond acceptors (Lipinski definition) is 2. The summed E-state index contributed by atoms with van der Waals surface area (Å²) in [5.41, 5.74) is 0. The van der Waals surface area contributed by atoms with Crippen molar-refractivity contribution in [3.05, 3.63) is 24.3 Å². The molecule has 0 fully saturated rings. The van der Waals surface area contributed by atoms with E-state index in [0.717, 1.165) is 4.62 Å². The molecule has 4 heteroatoms. The summed E-state index contributed by atoms with van der Waals surface area (Å²) in [5.74, 6) is -0.346. The molecule has 1 N–H and O–H groups in total. The van der Waals surface area contributed by atoms with Gasteiger partial charge in [0.05, 0.1) is 18.2 Å². The number of aliphatic imine (C=N–C) groups is 1. The smallest absolute Gasteiger partial charge is 0.128 e. The second kappa shape index (κ2) is 2.44. The van der Waals surface area contributed by atoms with Crippen molar-refractivity contribution >= 4 is 20.6 Å². The van der Waals surface area contributed by atoms with Crippen LogP contribution in [0.4, 0.5) is 4.39 Å². The number of hydrogen-bond donors (Lipinski definition) is 1. The first-order valence-electron chi connectivity index (χ1n) is 3.30. The average molecular weight is 217 g/mol. The van der Waals surface area contributed by atoms with Crippen LogP contribution in [0.1, 0.15) is 0 Å². The summed E-state index contributed by atoms with van der Waals surface area (Å²) in [4.78, 5) is 3.85. The van der Waals surface area contributed by atoms with E-state index in [-0.39, 0.29) is 17.8 Å². The molecule has 0 radical (unpaired) electrons. The Kier molecular flexibility index (Phi) is 1.56. The average Bonchev–Trinajstić information content (AvgIpc) is 2.45. The lowest BCUT2D eigenvalue weighted by molar-refractivity contribution is 0.495. The van der Waals surface area contributed by atoms with Gasteiger partial charge in [0.1, 0.15) is 10.4 Å². The van der Waals surface area contributed by atoms with Crippen LogP contribution in [-0.4, -0.2) is 10.7 Å². The van der Waals surface area contributed by atoms with Gasteiger partial charge in [-0.2, -0.15) is 0 Å². The molecule has 0 amide bonds. The Morgan fingerprint density at radius 3 is 3.18 bits per heavy atom. The van der Waals surface area contributed by atoms with E-state index in [1.165, 1.54) is 6.20 Å². The van der Waals surface area contributed by atoms with Crippen molar-refractivity contribution in [2.45, 2.75) is 6.04 Å². The molecule has 2 heterocycles. The third-order valence-electron chi connectivity index (χ3n) is 1.82. The number of nitrogens with zero attached hydrogens (tertiary/aromatic N) is 1. The van der Waals surface area contributed by atoms with Crippen LogP contribution in [0.2, 0.25) is 0 Å². The maximum atomic E-state index is 13.0. The van der Waals surface area contributed by atoms with Crippen LogP contribution in [0.25, 0.3) is 0 Å². The zero-order valence-corrected chi connectivity index (χ0v) is 7.18. The predicted octanol–water partition coefficient (Wildman–Crippen LogP) is 1.71. The zero-order chi connectivity index (χ0) is 7.84. The minimum Gasteiger partial charge on any atom is -0.381 e. The van der Waals surface area contributed by atoms with Gasteiger partial charge in [-0.05, 0) is 22.1 Å². The van der Waals surface area contributed by atoms with E-state index in [1.54, 1.807) is 12.3 Å². The van der Waals surface area contributed by atoms with Gasteiger partial charge in [-0.15, -0.1) is 0 Å². The minimum absolute atomic E-state index is 0.0278. The highest BCUT2D eigenvalue weighted by molar-refractivity contribution is 9.18. The topological polar surface area (TPSA) is 24.4 Å². The molecule has 0 aromatic carbocycles. The number of nitrogens with one attached hydrogen (secondary N) is 1. The number of halogens is 2. The summed E-state index contributed by atoms with van der Waals surface area (Å²) in [5, 5.41) is 3.00. The molecule has 0 spiro atoms. The van der Waals surface area contributed by atoms with E-state index in [4.69, 9.17) is 0 Å². The molecule has 0 aromatic rings. The fraction of sp³-hybridized carbons (Fsp3) is 0.286. The molecule has 0 aromatic heterocycles. The Bertz CT molecular complexity index is 270. The summed E-state index contributed by atoms with van der Waals surface area (Å²) in [6.45, 7) is 0. The molecule has 0 saturated carbocycles. The van der Waals surface area contributed by atoms with Gasteiger partial charge in [0, 0.05) is 0 Å². The van der Waals surface area contributed by atoms with Crippen molar-refractivity contribution in [1.82, 2.24) is 5.32 Å². The van der Waals surface area contributed by atoms with Crippen LogP contribution in [0.15, 0.2) is 29.3 Å². The Labute approximate surface area is 72.0 Å². The minimum atomic E-state index is -0.181. The Morgan fingerprint density at radius 2 is 2.45 bits per heavy atom. The van der Waals surface area contributed by atoms with Crippen LogP contribution >= 0.6 is 15.9 Å². The summed E-state index contributed by atoms with van der Waals surface area (Å²) < 4.78 is 13.7. The van der Waals surface area contributed by atoms with Gasteiger partial charge in [0.2, 0.25) is 0 Å². The molecular weight excluding hydrogens is 211 g/mol. The molecule has 2 atom stereocenters. The molecule has 58 valence electrons. The first-order valence-corrected chi connectivity index (χ1v) is 4.10. The van der Waals surface area contributed by atoms with Crippen LogP contribution < -0.4 is 5.32 Å². The van der Waals surface area contributed by atoms with E-state index in [9.17, 15) is 4.39 Å². The van der Waals surface area contributed by atoms with Crippen LogP contribution in [0.3, 0.4) is 0 Å². The quantitative estimate of drug-likeness (QED) is 0.656. The Hall–Kier alpha value is -0.640. The Morgan fingerprint density at radius 1 is 1.64 bits per heavy atom. The van der Waals surface area contributed by atoms with E-state index >= 15 is 0 Å². The van der Waals surface area contributed by atoms with Crippen molar-refractivity contribution in [1.29, 1.82) is 0 Å². The van der Waals surface area contributed by atoms with E-state index in [0.29, 0.717) is 0 Å². The Balaban J connectivity index is 2.35. The molecule has 0 saturated heterocycles. The fourth-order valence-corrected chi connectivity index (χ4v) is 1.75. The first-order chi connectivity index (χ1) is 5.29. The molecule has 0 bridgehead atoms. The van der Waals surface area contributed by atoms with Gasteiger partial charge < -0.3 is 5.32 Å². The molecule has 0 aliphatic carbocycles. The van der Waals surface area contributed by atoms with E-state index < -0.39 is 0 Å². The third kappa shape index (κ3) is 1.01. The summed E-state index contributed by atoms with van der Waals surface area (Å²) >= 11 is 3.26. The number of rotatable bonds is 0. The van der Waals surface area contributed by atoms with E-state index in [1.807, 2.05) is 0 Å². The molecule has 2 nitrogen and oxygen atoms in total. The standard InChI is InChI=1S/C7H6BrFN2/c8-7-6-4(1-2-10-6)5(9)3-11-7/h1-4,6,10H. The maximum Gasteiger partial charge on any atom is 0.128 e. The summed E-state index contributed by atoms with van der Waals surface area (Å²) in [7, 11) is 0. The highest BCUT2D eigenvalue weighted by Gasteiger charge is 2.31. The lowest BCUT2D eigenvalue weighted by Gasteiger charge is -2.19. The van der Waals surface area contributed by atoms with Crippen molar-refractivity contribution in [3.8, 4) is 0 Å². The van der Waals surface area contributed by atoms with Gasteiger partial charge in [-0.1, -0.05) is 6.08 Å². The molecular formula is C7H6BrFN2. The van der Waals surface area contributed by atoms with Gasteiger partial charge in [0.15, 0.2) is 0 Å². The van der Waals surface area contributed by atoms with Crippen LogP contribution in [-0.2, 0) is 0 Å². The second-order valence-corrected chi connectivity index (χ2v) is 3.31. The lowest BCUT2D eigenvalue weighted by Crippen LogP contribution is -2.34. The molecule has 2 aliphatic rings. The molecule has 2 rings (SSSR count). The SMILES string of the molecule is FC1=CN=C(Br)C2NC=CC12. The predicted molar refractivity (Wildman–Crippen MR) is 45.1 cm³/mol. The first kappa shape index (κ1) is 7.03. The molecule has 2 aliphatic heterocycles. The van der Waals surface area contributed by atoms with Crippen molar-refractivity contribution in [3.63, 3.8) is 0 Å². The summed E-state index contributed by atoms with van der Waals surface area (Å²) in [6.07, 6.45) is 4.81. The molecule has 2 unspecified atom stereocenters. The van der Waals surface area contributed by atoms with Crippen molar-refractivity contribution < 1.29 is 4.39 Å². The normalized spacial score (nSPS) is 34.0. The fourth-order valence-electron chi connectivity index (χ4n) is 1.24. The van der Waals surface area contributed by atoms with E-state index in [2.05, 4.69) is 26.2 Å². The number of fused-ring (bicyclic) bond motifs is 1. The monoisotopic (exact) mass is 216 g/mol. The van der Waals surface area contributed by atoms with Gasteiger partial charge >= 0.3 is 0 Å². The highest BCUT2D eigenvalue weighted by Crippen LogP contribution is 2.28.